The third-order valence-corrected chi connectivity index (χ3v) is 3.65. The summed E-state index contributed by atoms with van der Waals surface area (Å²) in [5, 5.41) is 5.52. The van der Waals surface area contributed by atoms with Gasteiger partial charge in [0.05, 0.1) is 12.2 Å². The summed E-state index contributed by atoms with van der Waals surface area (Å²) < 4.78 is 0. The van der Waals surface area contributed by atoms with E-state index in [9.17, 15) is 9.59 Å². The molecule has 0 saturated heterocycles. The van der Waals surface area contributed by atoms with E-state index in [1.165, 1.54) is 0 Å². The normalized spacial score (nSPS) is 10.2. The van der Waals surface area contributed by atoms with E-state index in [2.05, 4.69) is 20.6 Å². The second-order valence-corrected chi connectivity index (χ2v) is 5.74. The fourth-order valence-corrected chi connectivity index (χ4v) is 2.37. The number of pyridine rings is 2. The maximum absolute atomic E-state index is 12.4. The van der Waals surface area contributed by atoms with Gasteiger partial charge in [-0.3, -0.25) is 14.6 Å². The Hall–Kier alpha value is -3.54. The lowest BCUT2D eigenvalue weighted by atomic mass is 10.2. The third kappa shape index (κ3) is 4.51. The molecule has 2 N–H and O–H groups in total. The van der Waals surface area contributed by atoms with Gasteiger partial charge < -0.3 is 10.6 Å². The highest BCUT2D eigenvalue weighted by Gasteiger charge is 2.12. The van der Waals surface area contributed by atoms with Crippen LogP contribution in [0.1, 0.15) is 32.2 Å². The monoisotopic (exact) mass is 346 g/mol. The van der Waals surface area contributed by atoms with E-state index in [0.29, 0.717) is 12.2 Å². The van der Waals surface area contributed by atoms with E-state index in [1.807, 2.05) is 43.3 Å². The van der Waals surface area contributed by atoms with Gasteiger partial charge in [-0.2, -0.15) is 0 Å². The largest absolute Gasteiger partial charge is 0.345 e. The van der Waals surface area contributed by atoms with Crippen LogP contribution in [0.3, 0.4) is 0 Å². The van der Waals surface area contributed by atoms with Gasteiger partial charge in [-0.1, -0.05) is 24.3 Å². The molecule has 2 aromatic heterocycles. The van der Waals surface area contributed by atoms with Crippen molar-refractivity contribution in [3.63, 3.8) is 0 Å². The average Bonchev–Trinajstić information content (AvgIpc) is 2.67. The number of anilines is 1. The van der Waals surface area contributed by atoms with Gasteiger partial charge in [0.1, 0.15) is 11.4 Å². The fraction of sp³-hybridized carbons (Fsp3) is 0.100. The van der Waals surface area contributed by atoms with Crippen molar-refractivity contribution < 1.29 is 9.59 Å². The van der Waals surface area contributed by atoms with Crippen LogP contribution in [0.4, 0.5) is 5.69 Å². The standard InChI is InChI=1S/C20H18N4O2/c1-14-6-4-8-15(12-14)23-20(26)18-10-5-9-17(24-18)19(25)22-13-16-7-2-3-11-21-16/h2-12H,13H2,1H3,(H,22,25)(H,23,26). The molecule has 0 aliphatic carbocycles. The summed E-state index contributed by atoms with van der Waals surface area (Å²) in [6, 6.07) is 17.7. The molecule has 0 fully saturated rings. The lowest BCUT2D eigenvalue weighted by Gasteiger charge is -2.07. The minimum absolute atomic E-state index is 0.178. The predicted octanol–water partition coefficient (Wildman–Crippen LogP) is 2.97. The Morgan fingerprint density at radius 3 is 2.42 bits per heavy atom. The highest BCUT2D eigenvalue weighted by molar-refractivity contribution is 6.03. The Morgan fingerprint density at radius 2 is 1.69 bits per heavy atom. The number of nitrogens with one attached hydrogen (secondary N) is 2. The van der Waals surface area contributed by atoms with Crippen molar-refractivity contribution >= 4 is 17.5 Å². The van der Waals surface area contributed by atoms with Gasteiger partial charge in [-0.25, -0.2) is 4.98 Å². The molecule has 6 heteroatoms. The highest BCUT2D eigenvalue weighted by atomic mass is 16.2. The zero-order valence-corrected chi connectivity index (χ0v) is 14.3. The van der Waals surface area contributed by atoms with Gasteiger partial charge in [0.25, 0.3) is 11.8 Å². The van der Waals surface area contributed by atoms with Gasteiger partial charge >= 0.3 is 0 Å². The summed E-state index contributed by atoms with van der Waals surface area (Å²) >= 11 is 0. The average molecular weight is 346 g/mol. The number of benzene rings is 1. The summed E-state index contributed by atoms with van der Waals surface area (Å²) in [6.45, 7) is 2.24. The lowest BCUT2D eigenvalue weighted by molar-refractivity contribution is 0.0945. The second kappa shape index (κ2) is 8.02. The van der Waals surface area contributed by atoms with Crippen LogP contribution in [-0.2, 0) is 6.54 Å². The molecule has 6 nitrogen and oxygen atoms in total. The number of rotatable bonds is 5. The van der Waals surface area contributed by atoms with Crippen LogP contribution in [-0.4, -0.2) is 21.8 Å². The van der Waals surface area contributed by atoms with Crippen LogP contribution in [0, 0.1) is 6.92 Å². The zero-order valence-electron chi connectivity index (χ0n) is 14.3. The maximum Gasteiger partial charge on any atom is 0.274 e. The van der Waals surface area contributed by atoms with Crippen molar-refractivity contribution in [3.05, 3.63) is 89.5 Å². The van der Waals surface area contributed by atoms with E-state index in [4.69, 9.17) is 0 Å². The number of aromatic nitrogens is 2. The molecule has 3 rings (SSSR count). The second-order valence-electron chi connectivity index (χ2n) is 5.74. The molecule has 130 valence electrons. The number of nitrogens with zero attached hydrogens (tertiary/aromatic N) is 2. The summed E-state index contributed by atoms with van der Waals surface area (Å²) in [6.07, 6.45) is 1.66. The van der Waals surface area contributed by atoms with Crippen LogP contribution in [0.25, 0.3) is 0 Å². The molecule has 1 aromatic carbocycles. The van der Waals surface area contributed by atoms with Crippen LogP contribution >= 0.6 is 0 Å². The molecule has 0 saturated carbocycles. The first kappa shape index (κ1) is 17.3. The number of amides is 2. The number of aryl methyl sites for hydroxylation is 1. The minimum atomic E-state index is -0.366. The van der Waals surface area contributed by atoms with E-state index in [0.717, 1.165) is 11.3 Å². The Bertz CT molecular complexity index is 926. The molecule has 26 heavy (non-hydrogen) atoms. The smallest absolute Gasteiger partial charge is 0.274 e. The minimum Gasteiger partial charge on any atom is -0.345 e. The first-order valence-corrected chi connectivity index (χ1v) is 8.15. The van der Waals surface area contributed by atoms with Crippen molar-refractivity contribution in [1.82, 2.24) is 15.3 Å². The lowest BCUT2D eigenvalue weighted by Crippen LogP contribution is -2.25. The summed E-state index contributed by atoms with van der Waals surface area (Å²) in [5.74, 6) is -0.726. The van der Waals surface area contributed by atoms with Crippen LogP contribution in [0.15, 0.2) is 66.9 Å². The van der Waals surface area contributed by atoms with E-state index < -0.39 is 0 Å². The zero-order chi connectivity index (χ0) is 18.4. The van der Waals surface area contributed by atoms with Crippen molar-refractivity contribution in [3.8, 4) is 0 Å². The first-order chi connectivity index (χ1) is 12.6. The van der Waals surface area contributed by atoms with Gasteiger partial charge in [-0.15, -0.1) is 0 Å². The molecule has 0 aliphatic rings. The van der Waals surface area contributed by atoms with Crippen molar-refractivity contribution in [2.24, 2.45) is 0 Å². The Kier molecular flexibility index (Phi) is 5.34. The van der Waals surface area contributed by atoms with Gasteiger partial charge in [0, 0.05) is 11.9 Å². The first-order valence-electron chi connectivity index (χ1n) is 8.15. The van der Waals surface area contributed by atoms with Gasteiger partial charge in [0.15, 0.2) is 0 Å². The molecule has 0 atom stereocenters. The third-order valence-electron chi connectivity index (χ3n) is 3.65. The Balaban J connectivity index is 1.67. The van der Waals surface area contributed by atoms with Crippen molar-refractivity contribution in [2.75, 3.05) is 5.32 Å². The molecule has 2 amide bonds. The number of carbonyl (C=O) groups is 2. The van der Waals surface area contributed by atoms with Crippen LogP contribution in [0.5, 0.6) is 0 Å². The molecule has 0 aliphatic heterocycles. The van der Waals surface area contributed by atoms with Crippen molar-refractivity contribution in [2.45, 2.75) is 13.5 Å². The van der Waals surface area contributed by atoms with Crippen LogP contribution in [0.2, 0.25) is 0 Å². The number of hydrogen-bond acceptors (Lipinski definition) is 4. The number of carbonyl (C=O) groups excluding carboxylic acids is 2. The number of hydrogen-bond donors (Lipinski definition) is 2. The molecule has 0 radical (unpaired) electrons. The van der Waals surface area contributed by atoms with Crippen LogP contribution < -0.4 is 10.6 Å². The van der Waals surface area contributed by atoms with Gasteiger partial charge in [-0.05, 0) is 48.9 Å². The predicted molar refractivity (Wildman–Crippen MR) is 98.8 cm³/mol. The summed E-state index contributed by atoms with van der Waals surface area (Å²) in [5.41, 5.74) is 2.82. The molecular formula is C20H18N4O2. The summed E-state index contributed by atoms with van der Waals surface area (Å²) in [4.78, 5) is 32.9. The SMILES string of the molecule is Cc1cccc(NC(=O)c2cccc(C(=O)NCc3ccccn3)n2)c1. The fourth-order valence-electron chi connectivity index (χ4n) is 2.37. The molecule has 0 unspecified atom stereocenters. The quantitative estimate of drug-likeness (QED) is 0.744. The highest BCUT2D eigenvalue weighted by Crippen LogP contribution is 2.11. The van der Waals surface area contributed by atoms with E-state index in [1.54, 1.807) is 30.5 Å². The topological polar surface area (TPSA) is 84.0 Å². The Morgan fingerprint density at radius 1 is 0.923 bits per heavy atom. The molecule has 3 aromatic rings. The summed E-state index contributed by atoms with van der Waals surface area (Å²) in [7, 11) is 0. The molecular weight excluding hydrogens is 328 g/mol. The van der Waals surface area contributed by atoms with Crippen molar-refractivity contribution in [1.29, 1.82) is 0 Å². The van der Waals surface area contributed by atoms with E-state index >= 15 is 0 Å². The molecule has 2 heterocycles. The molecule has 0 spiro atoms. The maximum atomic E-state index is 12.4. The van der Waals surface area contributed by atoms with Gasteiger partial charge in [0.2, 0.25) is 0 Å². The Labute approximate surface area is 151 Å². The molecule has 0 bridgehead atoms. The van der Waals surface area contributed by atoms with E-state index in [-0.39, 0.29) is 23.2 Å².